The molecular formula is C43H65FN6O9. The summed E-state index contributed by atoms with van der Waals surface area (Å²) in [5.41, 5.74) is -4.22. The molecule has 0 aliphatic carbocycles. The summed E-state index contributed by atoms with van der Waals surface area (Å²) in [6, 6.07) is 2.18. The van der Waals surface area contributed by atoms with Crippen molar-refractivity contribution < 1.29 is 47.6 Å². The minimum atomic E-state index is -3.15. The molecule has 0 aromatic carbocycles. The lowest BCUT2D eigenvalue weighted by molar-refractivity contribution is -0.295. The number of methoxy groups -OCH3 is 1. The first-order valence-electron chi connectivity index (χ1n) is 20.9. The van der Waals surface area contributed by atoms with E-state index in [1.807, 2.05) is 48.8 Å². The quantitative estimate of drug-likeness (QED) is 0.184. The number of hydrogen-bond donors (Lipinski definition) is 2. The number of esters is 1. The Morgan fingerprint density at radius 3 is 2.39 bits per heavy atom. The largest absolute Gasteiger partial charge is 0.457 e. The fourth-order valence-corrected chi connectivity index (χ4v) is 9.60. The van der Waals surface area contributed by atoms with E-state index in [1.165, 1.54) is 14.0 Å². The minimum Gasteiger partial charge on any atom is -0.457 e. The highest BCUT2D eigenvalue weighted by molar-refractivity contribution is 6.08. The normalized spacial score (nSPS) is 37.6. The van der Waals surface area contributed by atoms with Gasteiger partial charge in [0.05, 0.1) is 41.4 Å². The number of nitrogens with zero attached hydrogens (tertiary/aromatic N) is 5. The van der Waals surface area contributed by atoms with Crippen molar-refractivity contribution in [2.45, 2.75) is 154 Å². The molecule has 2 amide bonds. The van der Waals surface area contributed by atoms with Crippen molar-refractivity contribution in [2.24, 2.45) is 17.8 Å². The lowest BCUT2D eigenvalue weighted by Gasteiger charge is -2.47. The van der Waals surface area contributed by atoms with Crippen LogP contribution in [-0.2, 0) is 39.9 Å². The van der Waals surface area contributed by atoms with Crippen molar-refractivity contribution in [3.63, 3.8) is 0 Å². The summed E-state index contributed by atoms with van der Waals surface area (Å²) in [5.74, 6) is -5.58. The molecule has 5 heterocycles. The number of likely N-dealkylation sites (N-methyl/N-ethyl adjacent to an activating group) is 1. The number of pyridine rings is 1. The molecule has 2 N–H and O–H groups in total. The van der Waals surface area contributed by atoms with E-state index in [9.17, 15) is 24.3 Å². The highest BCUT2D eigenvalue weighted by Crippen LogP contribution is 2.41. The molecule has 0 unspecified atom stereocenters. The number of urea groups is 1. The molecule has 3 aliphatic heterocycles. The Bertz CT molecular complexity index is 1790. The maximum atomic E-state index is 16.9. The molecule has 0 saturated carbocycles. The molecule has 328 valence electrons. The number of hydrogen-bond acceptors (Lipinski definition) is 12. The minimum absolute atomic E-state index is 0.0197. The highest BCUT2D eigenvalue weighted by Gasteiger charge is 2.60. The maximum absolute atomic E-state index is 16.9. The molecule has 13 atom stereocenters. The van der Waals surface area contributed by atoms with Crippen LogP contribution < -0.4 is 5.32 Å². The lowest BCUT2D eigenvalue weighted by Crippen LogP contribution is -2.63. The number of carbonyl (C=O) groups excluding carboxylic acids is 4. The summed E-state index contributed by atoms with van der Waals surface area (Å²) in [7, 11) is 5.07. The monoisotopic (exact) mass is 828 g/mol. The Morgan fingerprint density at radius 1 is 1.07 bits per heavy atom. The van der Waals surface area contributed by atoms with Gasteiger partial charge >= 0.3 is 12.0 Å². The second-order valence-electron chi connectivity index (χ2n) is 17.7. The van der Waals surface area contributed by atoms with E-state index in [0.717, 1.165) is 18.2 Å². The number of aliphatic hydroxyl groups excluding tert-OH is 1. The smallest absolute Gasteiger partial charge is 0.351 e. The van der Waals surface area contributed by atoms with Crippen LogP contribution in [0.15, 0.2) is 37.1 Å². The Hall–Kier alpha value is -3.83. The molecular weight excluding hydrogens is 764 g/mol. The molecule has 3 aliphatic rings. The fraction of sp³-hybridized carbons (Fsp3) is 0.721. The van der Waals surface area contributed by atoms with Crippen LogP contribution in [0.25, 0.3) is 11.3 Å². The predicted molar refractivity (Wildman–Crippen MR) is 217 cm³/mol. The summed E-state index contributed by atoms with van der Waals surface area (Å²) in [6.07, 6.45) is 3.96. The number of aliphatic hydroxyl groups is 1. The van der Waals surface area contributed by atoms with Crippen molar-refractivity contribution in [1.82, 2.24) is 29.7 Å². The summed E-state index contributed by atoms with van der Waals surface area (Å²) < 4.78 is 43.5. The summed E-state index contributed by atoms with van der Waals surface area (Å²) in [4.78, 5) is 69.0. The first kappa shape index (κ1) is 46.2. The van der Waals surface area contributed by atoms with Crippen molar-refractivity contribution in [1.29, 1.82) is 0 Å². The van der Waals surface area contributed by atoms with E-state index < -0.39 is 83.0 Å². The second-order valence-corrected chi connectivity index (χ2v) is 17.7. The molecule has 2 aromatic rings. The fourth-order valence-electron chi connectivity index (χ4n) is 9.60. The Morgan fingerprint density at radius 2 is 1.76 bits per heavy atom. The molecule has 16 heteroatoms. The van der Waals surface area contributed by atoms with Crippen LogP contribution in [0.5, 0.6) is 0 Å². The SMILES string of the molecule is CC[C@H]1OC(=O)[C@@](C)(F)C(=O)[C@H](C)[C@@H](O[C@@H]2O[C@H](C)C[C@H](N(C)C)[C@H]2O)[C@@](C)(OC)C[C@@H](C)C(=O)[C@H](C)[C@H]2N(CCCCn3cnc(-c4cccnc4)c3)C(=O)N[C@]12C. The van der Waals surface area contributed by atoms with Crippen molar-refractivity contribution in [3.05, 3.63) is 37.1 Å². The molecule has 0 spiro atoms. The van der Waals surface area contributed by atoms with Gasteiger partial charge in [-0.05, 0) is 86.0 Å². The number of nitrogens with one attached hydrogen (secondary N) is 1. The molecule has 2 aromatic heterocycles. The van der Waals surface area contributed by atoms with Gasteiger partial charge in [-0.2, -0.15) is 0 Å². The van der Waals surface area contributed by atoms with Crippen LogP contribution in [0, 0.1) is 17.8 Å². The van der Waals surface area contributed by atoms with E-state index in [2.05, 4.69) is 15.3 Å². The van der Waals surface area contributed by atoms with Crippen molar-refractivity contribution >= 4 is 23.6 Å². The number of cyclic esters (lactones) is 1. The van der Waals surface area contributed by atoms with E-state index in [1.54, 1.807) is 58.2 Å². The third-order valence-electron chi connectivity index (χ3n) is 13.0. The van der Waals surface area contributed by atoms with Crippen LogP contribution in [0.4, 0.5) is 9.18 Å². The number of fused-ring (bicyclic) bond motifs is 1. The van der Waals surface area contributed by atoms with E-state index in [0.29, 0.717) is 25.8 Å². The number of unbranched alkanes of at least 4 members (excludes halogenated alkanes) is 1. The maximum Gasteiger partial charge on any atom is 0.351 e. The molecule has 0 radical (unpaired) electrons. The topological polar surface area (TPSA) is 175 Å². The van der Waals surface area contributed by atoms with Gasteiger partial charge in [0.15, 0.2) is 12.1 Å². The highest BCUT2D eigenvalue weighted by atomic mass is 19.1. The van der Waals surface area contributed by atoms with Gasteiger partial charge in [-0.1, -0.05) is 27.7 Å². The standard InChI is InChI=1S/C43H65FN6O9/c1-12-32-43(8)35(50(40(55)47-43)19-14-13-18-49-23-30(46-24-49)29-16-15-17-45-22-29)27(4)33(51)25(2)21-41(6,56-11)37(28(5)36(53)42(7,44)39(54)58-32)59-38-34(52)31(48(9)10)20-26(3)57-38/h15-17,22-28,31-32,34-35,37-38,52H,12-14,18-21H2,1-11H3,(H,47,55)/t25-,26-,27+,28+,31+,32-,34-,35-,37-,38+,41+,42+,43-/m1/s1. The van der Waals surface area contributed by atoms with Crippen molar-refractivity contribution in [3.8, 4) is 11.3 Å². The van der Waals surface area contributed by atoms with Crippen LogP contribution in [0.2, 0.25) is 0 Å². The van der Waals surface area contributed by atoms with Crippen LogP contribution in [0.1, 0.15) is 87.5 Å². The average molecular weight is 829 g/mol. The third-order valence-corrected chi connectivity index (χ3v) is 13.0. The zero-order chi connectivity index (χ0) is 43.6. The van der Waals surface area contributed by atoms with Crippen molar-refractivity contribution in [2.75, 3.05) is 27.7 Å². The summed E-state index contributed by atoms with van der Waals surface area (Å²) in [5, 5.41) is 14.4. The number of alkyl halides is 1. The number of carbonyl (C=O) groups is 4. The number of aryl methyl sites for hydroxylation is 1. The molecule has 0 bridgehead atoms. The van der Waals surface area contributed by atoms with Crippen LogP contribution in [0.3, 0.4) is 0 Å². The predicted octanol–water partition coefficient (Wildman–Crippen LogP) is 4.59. The lowest BCUT2D eigenvalue weighted by atomic mass is 9.72. The van der Waals surface area contributed by atoms with Gasteiger partial charge in [0.25, 0.3) is 5.67 Å². The van der Waals surface area contributed by atoms with Gasteiger partial charge in [0.1, 0.15) is 18.0 Å². The number of aromatic nitrogens is 3. The second kappa shape index (κ2) is 18.4. The zero-order valence-corrected chi connectivity index (χ0v) is 36.5. The van der Waals surface area contributed by atoms with Crippen LogP contribution in [-0.4, -0.2) is 140 Å². The molecule has 59 heavy (non-hydrogen) atoms. The number of Topliss-reactive ketones (excluding diaryl/α,β-unsaturated/α-hetero) is 2. The zero-order valence-electron chi connectivity index (χ0n) is 36.5. The Balaban J connectivity index is 1.46. The van der Waals surface area contributed by atoms with Gasteiger partial charge in [-0.25, -0.2) is 19.0 Å². The Kier molecular flexibility index (Phi) is 14.4. The van der Waals surface area contributed by atoms with E-state index in [4.69, 9.17) is 18.9 Å². The van der Waals surface area contributed by atoms with Gasteiger partial charge in [0.2, 0.25) is 0 Å². The molecule has 15 nitrogen and oxygen atoms in total. The summed E-state index contributed by atoms with van der Waals surface area (Å²) >= 11 is 0. The van der Waals surface area contributed by atoms with Gasteiger partial charge < -0.3 is 43.7 Å². The average Bonchev–Trinajstić information content (AvgIpc) is 3.78. The molecule has 5 rings (SSSR count). The third kappa shape index (κ3) is 9.41. The van der Waals surface area contributed by atoms with Crippen LogP contribution >= 0.6 is 0 Å². The first-order chi connectivity index (χ1) is 27.7. The first-order valence-corrected chi connectivity index (χ1v) is 20.9. The number of imidazole rings is 1. The number of rotatable bonds is 11. The van der Waals surface area contributed by atoms with Gasteiger partial charge in [-0.3, -0.25) is 14.6 Å². The molecule has 3 fully saturated rings. The summed E-state index contributed by atoms with van der Waals surface area (Å²) in [6.45, 7) is 13.7. The molecule has 3 saturated heterocycles. The number of amides is 2. The number of ether oxygens (including phenoxy) is 4. The van der Waals surface area contributed by atoms with Gasteiger partial charge in [0, 0.05) is 68.1 Å². The Labute approximate surface area is 347 Å². The number of halogens is 1. The van der Waals surface area contributed by atoms with E-state index >= 15 is 4.39 Å². The number of ketones is 2. The van der Waals surface area contributed by atoms with E-state index in [-0.39, 0.29) is 37.3 Å². The van der Waals surface area contributed by atoms with Gasteiger partial charge in [-0.15, -0.1) is 0 Å².